The molecule has 60 valence electrons. The Morgan fingerprint density at radius 3 is 2.27 bits per heavy atom. The molecule has 0 aromatic heterocycles. The van der Waals surface area contributed by atoms with Crippen LogP contribution in [0.15, 0.2) is 11.1 Å². The van der Waals surface area contributed by atoms with E-state index in [2.05, 4.69) is 20.8 Å². The molecule has 1 saturated carbocycles. The first-order chi connectivity index (χ1) is 4.62. The van der Waals surface area contributed by atoms with Crippen LogP contribution in [-0.4, -0.2) is 0 Å². The highest BCUT2D eigenvalue weighted by atomic mass is 14.5. The number of allylic oxidation sites excluding steroid dienone is 2. The van der Waals surface area contributed by atoms with Gasteiger partial charge in [-0.1, -0.05) is 25.0 Å². The second-order valence-electron chi connectivity index (χ2n) is 4.42. The van der Waals surface area contributed by atoms with E-state index in [0.29, 0.717) is 5.41 Å². The third-order valence-electron chi connectivity index (χ3n) is 3.63. The molecule has 0 saturated heterocycles. The molecule has 1 unspecified atom stereocenters. The third kappa shape index (κ3) is 0.953. The van der Waals surface area contributed by atoms with Crippen LogP contribution in [-0.2, 0) is 0 Å². The van der Waals surface area contributed by atoms with Crippen molar-refractivity contribution < 1.29 is 0 Å². The zero-order valence-corrected chi connectivity index (χ0v) is 7.70. The smallest absolute Gasteiger partial charge is 0 e. The number of rotatable bonds is 0. The Hall–Kier alpha value is -0.260. The summed E-state index contributed by atoms with van der Waals surface area (Å²) in [7, 11) is 0. The molecule has 0 amide bonds. The molecule has 0 heterocycles. The van der Waals surface area contributed by atoms with Crippen LogP contribution in [0.3, 0.4) is 0 Å². The minimum atomic E-state index is 0. The molecule has 0 N–H and O–H groups in total. The van der Waals surface area contributed by atoms with Gasteiger partial charge in [-0.2, -0.15) is 0 Å². The van der Waals surface area contributed by atoms with Gasteiger partial charge in [0.2, 0.25) is 0 Å². The van der Waals surface area contributed by atoms with E-state index in [0.717, 1.165) is 5.92 Å². The fourth-order valence-electron chi connectivity index (χ4n) is 2.61. The second-order valence-corrected chi connectivity index (χ2v) is 4.42. The Kier molecular flexibility index (Phi) is 1.90. The molecule has 0 aromatic rings. The minimum absolute atomic E-state index is 0. The van der Waals surface area contributed by atoms with Crippen molar-refractivity contribution in [3.05, 3.63) is 18.6 Å². The summed E-state index contributed by atoms with van der Waals surface area (Å²) >= 11 is 0. The molecular formula is C11H16. The van der Waals surface area contributed by atoms with Gasteiger partial charge >= 0.3 is 0 Å². The predicted molar refractivity (Wildman–Crippen MR) is 47.1 cm³/mol. The Labute approximate surface area is 70.7 Å². The van der Waals surface area contributed by atoms with Gasteiger partial charge in [-0.25, -0.2) is 0 Å². The zero-order chi connectivity index (χ0) is 7.35. The summed E-state index contributed by atoms with van der Waals surface area (Å²) in [5.74, 6) is 1.02. The number of hydrogen-bond acceptors (Lipinski definition) is 0. The van der Waals surface area contributed by atoms with Crippen LogP contribution in [0, 0.1) is 18.8 Å². The SMILES string of the molecule is CC1=C2CC(CC1)C2(C)C.[C]. The molecule has 3 aliphatic carbocycles. The molecule has 1 atom stereocenters. The van der Waals surface area contributed by atoms with E-state index in [9.17, 15) is 0 Å². The van der Waals surface area contributed by atoms with Gasteiger partial charge in [0.15, 0.2) is 0 Å². The standard InChI is InChI=1S/C10H16.C/c1-7-4-5-8-6-9(7)10(8,2)3;/h8H,4-6H2,1-3H3;. The molecular weight excluding hydrogens is 132 g/mol. The number of fused-ring (bicyclic) bond motifs is 2. The van der Waals surface area contributed by atoms with Gasteiger partial charge in [-0.3, -0.25) is 0 Å². The second kappa shape index (κ2) is 2.36. The van der Waals surface area contributed by atoms with Gasteiger partial charge in [0.25, 0.3) is 0 Å². The van der Waals surface area contributed by atoms with Gasteiger partial charge < -0.3 is 0 Å². The van der Waals surface area contributed by atoms with Crippen molar-refractivity contribution in [2.75, 3.05) is 0 Å². The monoisotopic (exact) mass is 148 g/mol. The first kappa shape index (κ1) is 8.83. The fraction of sp³-hybridized carbons (Fsp3) is 0.727. The molecule has 1 fully saturated rings. The van der Waals surface area contributed by atoms with E-state index in [-0.39, 0.29) is 7.43 Å². The maximum Gasteiger partial charge on any atom is 0 e. The van der Waals surface area contributed by atoms with Crippen LogP contribution < -0.4 is 0 Å². The van der Waals surface area contributed by atoms with E-state index in [1.54, 1.807) is 11.1 Å². The van der Waals surface area contributed by atoms with Gasteiger partial charge in [-0.15, -0.1) is 0 Å². The Morgan fingerprint density at radius 2 is 2.00 bits per heavy atom. The molecule has 3 rings (SSSR count). The van der Waals surface area contributed by atoms with Crippen molar-refractivity contribution in [3.63, 3.8) is 0 Å². The molecule has 4 radical (unpaired) electrons. The van der Waals surface area contributed by atoms with E-state index >= 15 is 0 Å². The molecule has 0 spiro atoms. The quantitative estimate of drug-likeness (QED) is 0.463. The van der Waals surface area contributed by atoms with Crippen LogP contribution in [0.5, 0.6) is 0 Å². The average Bonchev–Trinajstić information content (AvgIpc) is 1.87. The normalized spacial score (nSPS) is 32.5. The Bertz CT molecular complexity index is 196. The van der Waals surface area contributed by atoms with Gasteiger partial charge in [0.1, 0.15) is 0 Å². The summed E-state index contributed by atoms with van der Waals surface area (Å²) in [6.07, 6.45) is 4.24. The van der Waals surface area contributed by atoms with Crippen molar-refractivity contribution in [2.45, 2.75) is 40.0 Å². The van der Waals surface area contributed by atoms with Crippen molar-refractivity contribution in [1.29, 1.82) is 0 Å². The van der Waals surface area contributed by atoms with E-state index in [1.165, 1.54) is 19.3 Å². The molecule has 0 nitrogen and oxygen atoms in total. The van der Waals surface area contributed by atoms with Crippen LogP contribution in [0.4, 0.5) is 0 Å². The molecule has 3 aliphatic rings. The predicted octanol–water partition coefficient (Wildman–Crippen LogP) is 3.22. The Balaban J connectivity index is 0.000000605. The molecule has 11 heavy (non-hydrogen) atoms. The summed E-state index contributed by atoms with van der Waals surface area (Å²) < 4.78 is 0. The maximum absolute atomic E-state index is 2.40. The van der Waals surface area contributed by atoms with Crippen molar-refractivity contribution in [2.24, 2.45) is 11.3 Å². The lowest BCUT2D eigenvalue weighted by atomic mass is 9.52. The fourth-order valence-corrected chi connectivity index (χ4v) is 2.61. The Morgan fingerprint density at radius 1 is 1.36 bits per heavy atom. The molecule has 0 heteroatoms. The largest absolute Gasteiger partial charge is 0.0735 e. The summed E-state index contributed by atoms with van der Waals surface area (Å²) in [6, 6.07) is 0. The molecule has 0 aromatic carbocycles. The summed E-state index contributed by atoms with van der Waals surface area (Å²) in [4.78, 5) is 0. The third-order valence-corrected chi connectivity index (χ3v) is 3.63. The minimum Gasteiger partial charge on any atom is -0.0735 e. The highest BCUT2D eigenvalue weighted by molar-refractivity contribution is 5.32. The van der Waals surface area contributed by atoms with Gasteiger partial charge in [-0.05, 0) is 37.5 Å². The maximum atomic E-state index is 2.40. The van der Waals surface area contributed by atoms with Crippen LogP contribution in [0.2, 0.25) is 0 Å². The summed E-state index contributed by atoms with van der Waals surface area (Å²) in [6.45, 7) is 7.12. The summed E-state index contributed by atoms with van der Waals surface area (Å²) in [5, 5.41) is 0. The van der Waals surface area contributed by atoms with Crippen LogP contribution in [0.25, 0.3) is 0 Å². The molecule has 0 aliphatic heterocycles. The lowest BCUT2D eigenvalue weighted by Crippen LogP contribution is -2.41. The zero-order valence-electron chi connectivity index (χ0n) is 7.70. The lowest BCUT2D eigenvalue weighted by molar-refractivity contribution is 0.133. The average molecular weight is 148 g/mol. The highest BCUT2D eigenvalue weighted by Gasteiger charge is 2.46. The van der Waals surface area contributed by atoms with E-state index in [1.807, 2.05) is 0 Å². The topological polar surface area (TPSA) is 0 Å². The van der Waals surface area contributed by atoms with Crippen LogP contribution in [0.1, 0.15) is 40.0 Å². The van der Waals surface area contributed by atoms with Gasteiger partial charge in [0, 0.05) is 7.43 Å². The first-order valence-corrected chi connectivity index (χ1v) is 4.31. The lowest BCUT2D eigenvalue weighted by Gasteiger charge is -2.52. The molecule has 2 bridgehead atoms. The highest BCUT2D eigenvalue weighted by Crippen LogP contribution is 2.58. The first-order valence-electron chi connectivity index (χ1n) is 4.31. The van der Waals surface area contributed by atoms with Gasteiger partial charge in [0.05, 0.1) is 0 Å². The van der Waals surface area contributed by atoms with Crippen molar-refractivity contribution in [3.8, 4) is 0 Å². The van der Waals surface area contributed by atoms with Crippen molar-refractivity contribution in [1.82, 2.24) is 0 Å². The van der Waals surface area contributed by atoms with E-state index in [4.69, 9.17) is 0 Å². The van der Waals surface area contributed by atoms with Crippen LogP contribution >= 0.6 is 0 Å². The summed E-state index contributed by atoms with van der Waals surface area (Å²) in [5.41, 5.74) is 4.04. The number of hydrogen-bond donors (Lipinski definition) is 0. The van der Waals surface area contributed by atoms with Crippen molar-refractivity contribution >= 4 is 0 Å². The van der Waals surface area contributed by atoms with E-state index < -0.39 is 0 Å².